The number of urea groups is 1. The Balaban J connectivity index is 1.78. The number of pyridine rings is 1. The summed E-state index contributed by atoms with van der Waals surface area (Å²) >= 11 is 0. The molecule has 0 saturated heterocycles. The van der Waals surface area contributed by atoms with E-state index < -0.39 is 29.5 Å². The van der Waals surface area contributed by atoms with Crippen molar-refractivity contribution in [1.82, 2.24) is 4.98 Å². The van der Waals surface area contributed by atoms with Gasteiger partial charge in [-0.05, 0) is 35.7 Å². The number of carbonyl (C=O) groups excluding carboxylic acids is 1. The third kappa shape index (κ3) is 5.96. The summed E-state index contributed by atoms with van der Waals surface area (Å²) < 4.78 is 84.3. The third-order valence-electron chi connectivity index (χ3n) is 5.30. The Morgan fingerprint density at radius 2 is 1.43 bits per heavy atom. The normalized spacial score (nSPS) is 12.7. The van der Waals surface area contributed by atoms with Crippen LogP contribution < -0.4 is 15.4 Å². The van der Waals surface area contributed by atoms with Crippen LogP contribution in [0.1, 0.15) is 31.9 Å². The van der Waals surface area contributed by atoms with Crippen LogP contribution in [-0.2, 0) is 11.0 Å². The number of para-hydroxylation sites is 1. The zero-order valence-electron chi connectivity index (χ0n) is 19.8. The number of aliphatic hydroxyl groups is 1. The van der Waals surface area contributed by atoms with Gasteiger partial charge in [-0.2, -0.15) is 26.3 Å². The standard InChI is InChI=1S/C25H23F6N3O3/c1-22(2,3)17-7-4-5-9-19(17)37-20-18(8-6-14-32-20)34-21(35)33-16-12-10-15(11-13-16)23(36,24(26,27)28)25(29,30)31/h4-14,36H,1-3H3,(H2,33,34,35). The smallest absolute Gasteiger partial charge is 0.430 e. The Morgan fingerprint density at radius 1 is 0.838 bits per heavy atom. The van der Waals surface area contributed by atoms with Crippen LogP contribution in [0.25, 0.3) is 0 Å². The molecular weight excluding hydrogens is 504 g/mol. The largest absolute Gasteiger partial charge is 0.437 e. The number of nitrogens with zero attached hydrogens (tertiary/aromatic N) is 1. The second-order valence-corrected chi connectivity index (χ2v) is 9.07. The van der Waals surface area contributed by atoms with Crippen LogP contribution in [-0.4, -0.2) is 28.5 Å². The first-order valence-electron chi connectivity index (χ1n) is 10.8. The maximum atomic E-state index is 13.1. The summed E-state index contributed by atoms with van der Waals surface area (Å²) in [5.41, 5.74) is -5.85. The Labute approximate surface area is 208 Å². The lowest BCUT2D eigenvalue weighted by Gasteiger charge is -2.32. The number of hydrogen-bond acceptors (Lipinski definition) is 4. The van der Waals surface area contributed by atoms with Crippen molar-refractivity contribution < 1.29 is 41.0 Å². The average molecular weight is 527 g/mol. The monoisotopic (exact) mass is 527 g/mol. The molecule has 3 rings (SSSR count). The van der Waals surface area contributed by atoms with Crippen LogP contribution >= 0.6 is 0 Å². The van der Waals surface area contributed by atoms with Crippen LogP contribution in [0.4, 0.5) is 42.5 Å². The summed E-state index contributed by atoms with van der Waals surface area (Å²) in [6.07, 6.45) is -10.6. The second kappa shape index (κ2) is 9.92. The Hall–Kier alpha value is -3.80. The quantitative estimate of drug-likeness (QED) is 0.309. The molecular formula is C25H23F6N3O3. The Bertz CT molecular complexity index is 1240. The van der Waals surface area contributed by atoms with Gasteiger partial charge < -0.3 is 20.5 Å². The van der Waals surface area contributed by atoms with Gasteiger partial charge in [0.05, 0.1) is 0 Å². The van der Waals surface area contributed by atoms with Crippen molar-refractivity contribution in [2.75, 3.05) is 10.6 Å². The Kier molecular flexibility index (Phi) is 7.45. The van der Waals surface area contributed by atoms with Crippen molar-refractivity contribution in [1.29, 1.82) is 0 Å². The maximum absolute atomic E-state index is 13.1. The molecule has 0 aliphatic carbocycles. The molecule has 0 bridgehead atoms. The molecule has 37 heavy (non-hydrogen) atoms. The van der Waals surface area contributed by atoms with E-state index in [0.29, 0.717) is 17.9 Å². The third-order valence-corrected chi connectivity index (χ3v) is 5.30. The number of halogens is 6. The first-order valence-corrected chi connectivity index (χ1v) is 10.8. The summed E-state index contributed by atoms with van der Waals surface area (Å²) in [6, 6.07) is 11.9. The van der Waals surface area contributed by atoms with E-state index in [4.69, 9.17) is 4.74 Å². The van der Waals surface area contributed by atoms with Crippen molar-refractivity contribution in [3.63, 3.8) is 0 Å². The predicted molar refractivity (Wildman–Crippen MR) is 125 cm³/mol. The zero-order valence-corrected chi connectivity index (χ0v) is 19.8. The second-order valence-electron chi connectivity index (χ2n) is 9.07. The molecule has 3 aromatic rings. The number of alkyl halides is 6. The van der Waals surface area contributed by atoms with Gasteiger partial charge in [-0.1, -0.05) is 51.1 Å². The van der Waals surface area contributed by atoms with Crippen molar-refractivity contribution in [3.05, 3.63) is 78.0 Å². The highest BCUT2D eigenvalue weighted by Crippen LogP contribution is 2.50. The number of carbonyl (C=O) groups is 1. The van der Waals surface area contributed by atoms with Gasteiger partial charge in [-0.3, -0.25) is 0 Å². The minimum absolute atomic E-state index is 0.0603. The van der Waals surface area contributed by atoms with Crippen LogP contribution in [0.5, 0.6) is 11.6 Å². The first-order chi connectivity index (χ1) is 17.0. The van der Waals surface area contributed by atoms with Gasteiger partial charge >= 0.3 is 18.4 Å². The fraction of sp³-hybridized carbons (Fsp3) is 0.280. The summed E-state index contributed by atoms with van der Waals surface area (Å²) in [6.45, 7) is 5.99. The van der Waals surface area contributed by atoms with E-state index in [2.05, 4.69) is 15.6 Å². The number of rotatable bonds is 5. The number of aromatic nitrogens is 1. The molecule has 2 aromatic carbocycles. The fourth-order valence-corrected chi connectivity index (χ4v) is 3.41. The van der Waals surface area contributed by atoms with Gasteiger partial charge in [0.2, 0.25) is 5.88 Å². The number of ether oxygens (including phenoxy) is 1. The zero-order chi connectivity index (χ0) is 27.6. The lowest BCUT2D eigenvalue weighted by Crippen LogP contribution is -2.53. The van der Waals surface area contributed by atoms with E-state index in [9.17, 15) is 36.2 Å². The molecule has 2 amide bonds. The number of nitrogens with one attached hydrogen (secondary N) is 2. The van der Waals surface area contributed by atoms with Gasteiger partial charge in [-0.25, -0.2) is 9.78 Å². The molecule has 1 heterocycles. The lowest BCUT2D eigenvalue weighted by molar-refractivity contribution is -0.376. The van der Waals surface area contributed by atoms with Crippen molar-refractivity contribution in [2.24, 2.45) is 0 Å². The molecule has 0 saturated carbocycles. The summed E-state index contributed by atoms with van der Waals surface area (Å²) in [5.74, 6) is 0.569. The summed E-state index contributed by atoms with van der Waals surface area (Å²) in [5, 5.41) is 14.3. The fourth-order valence-electron chi connectivity index (χ4n) is 3.41. The van der Waals surface area contributed by atoms with E-state index in [1.165, 1.54) is 18.3 Å². The molecule has 3 N–H and O–H groups in total. The van der Waals surface area contributed by atoms with Gasteiger partial charge in [-0.15, -0.1) is 0 Å². The SMILES string of the molecule is CC(C)(C)c1ccccc1Oc1ncccc1NC(=O)Nc1ccc(C(O)(C(F)(F)F)C(F)(F)F)cc1. The van der Waals surface area contributed by atoms with E-state index in [-0.39, 0.29) is 22.7 Å². The van der Waals surface area contributed by atoms with Gasteiger partial charge in [0, 0.05) is 23.0 Å². The molecule has 0 atom stereocenters. The number of anilines is 2. The summed E-state index contributed by atoms with van der Waals surface area (Å²) in [4.78, 5) is 16.6. The molecule has 0 unspecified atom stereocenters. The van der Waals surface area contributed by atoms with Crippen LogP contribution in [0.2, 0.25) is 0 Å². The molecule has 1 aromatic heterocycles. The number of benzene rings is 2. The molecule has 0 spiro atoms. The molecule has 6 nitrogen and oxygen atoms in total. The topological polar surface area (TPSA) is 83.5 Å². The molecule has 0 radical (unpaired) electrons. The van der Waals surface area contributed by atoms with E-state index in [0.717, 1.165) is 17.7 Å². The van der Waals surface area contributed by atoms with Crippen molar-refractivity contribution >= 4 is 17.4 Å². The molecule has 0 aliphatic heterocycles. The van der Waals surface area contributed by atoms with Crippen molar-refractivity contribution in [3.8, 4) is 11.6 Å². The predicted octanol–water partition coefficient (Wildman–Crippen LogP) is 7.13. The lowest BCUT2D eigenvalue weighted by atomic mass is 9.86. The molecule has 198 valence electrons. The van der Waals surface area contributed by atoms with Crippen molar-refractivity contribution in [2.45, 2.75) is 44.1 Å². The van der Waals surface area contributed by atoms with Crippen LogP contribution in [0.3, 0.4) is 0 Å². The van der Waals surface area contributed by atoms with E-state index >= 15 is 0 Å². The minimum atomic E-state index is -6.01. The maximum Gasteiger partial charge on any atom is 0.430 e. The molecule has 0 aliphatic rings. The van der Waals surface area contributed by atoms with Gasteiger partial charge in [0.15, 0.2) is 0 Å². The van der Waals surface area contributed by atoms with Gasteiger partial charge in [0.1, 0.15) is 11.4 Å². The van der Waals surface area contributed by atoms with Gasteiger partial charge in [0.25, 0.3) is 5.60 Å². The minimum Gasteiger partial charge on any atom is -0.437 e. The average Bonchev–Trinajstić information content (AvgIpc) is 2.78. The van der Waals surface area contributed by atoms with E-state index in [1.807, 2.05) is 32.9 Å². The molecule has 12 heteroatoms. The number of hydrogen-bond donors (Lipinski definition) is 3. The summed E-state index contributed by atoms with van der Waals surface area (Å²) in [7, 11) is 0. The number of amides is 2. The Morgan fingerprint density at radius 3 is 2.00 bits per heavy atom. The van der Waals surface area contributed by atoms with Crippen LogP contribution in [0, 0.1) is 0 Å². The first kappa shape index (κ1) is 27.8. The highest BCUT2D eigenvalue weighted by molar-refractivity contribution is 6.00. The highest BCUT2D eigenvalue weighted by atomic mass is 19.4. The van der Waals surface area contributed by atoms with Crippen LogP contribution in [0.15, 0.2) is 66.9 Å². The van der Waals surface area contributed by atoms with E-state index in [1.54, 1.807) is 12.1 Å². The highest BCUT2D eigenvalue weighted by Gasteiger charge is 2.71. The molecule has 0 fully saturated rings.